The molecule has 0 rings (SSSR count). The second-order valence-electron chi connectivity index (χ2n) is 2.93. The SMILES string of the molecule is CCCN=C(CCC)[N-]CCC.[Y]. The maximum atomic E-state index is 4.42. The van der Waals surface area contributed by atoms with Crippen LogP contribution in [0.15, 0.2) is 4.99 Å². The van der Waals surface area contributed by atoms with Crippen LogP contribution in [0.25, 0.3) is 5.32 Å². The van der Waals surface area contributed by atoms with Gasteiger partial charge in [0, 0.05) is 32.7 Å². The third kappa shape index (κ3) is 10.5. The van der Waals surface area contributed by atoms with Crippen molar-refractivity contribution in [1.82, 2.24) is 0 Å². The van der Waals surface area contributed by atoms with E-state index in [1.54, 1.807) is 0 Å². The average molecular weight is 258 g/mol. The van der Waals surface area contributed by atoms with Crippen LogP contribution in [0.5, 0.6) is 0 Å². The second-order valence-corrected chi connectivity index (χ2v) is 2.93. The molecule has 0 aromatic carbocycles. The zero-order valence-corrected chi connectivity index (χ0v) is 12.1. The maximum Gasteiger partial charge on any atom is 0 e. The van der Waals surface area contributed by atoms with Crippen molar-refractivity contribution in [3.63, 3.8) is 0 Å². The summed E-state index contributed by atoms with van der Waals surface area (Å²) >= 11 is 0. The van der Waals surface area contributed by atoms with Gasteiger partial charge < -0.3 is 10.3 Å². The van der Waals surface area contributed by atoms with Gasteiger partial charge in [0.2, 0.25) is 0 Å². The summed E-state index contributed by atoms with van der Waals surface area (Å²) in [6.45, 7) is 8.33. The van der Waals surface area contributed by atoms with Crippen LogP contribution in [-0.4, -0.2) is 18.9 Å². The van der Waals surface area contributed by atoms with Crippen molar-refractivity contribution in [1.29, 1.82) is 0 Å². The minimum Gasteiger partial charge on any atom is -0.469 e. The van der Waals surface area contributed by atoms with E-state index in [1.165, 1.54) is 0 Å². The first-order chi connectivity index (χ1) is 5.85. The molecule has 0 aliphatic heterocycles. The van der Waals surface area contributed by atoms with Crippen molar-refractivity contribution in [2.24, 2.45) is 4.99 Å². The smallest absolute Gasteiger partial charge is 0 e. The Bertz CT molecular complexity index is 124. The quantitative estimate of drug-likeness (QED) is 0.516. The molecule has 13 heavy (non-hydrogen) atoms. The maximum absolute atomic E-state index is 4.42. The Morgan fingerprint density at radius 1 is 1.08 bits per heavy atom. The monoisotopic (exact) mass is 258 g/mol. The van der Waals surface area contributed by atoms with Gasteiger partial charge in [-0.15, -0.1) is 0 Å². The van der Waals surface area contributed by atoms with E-state index in [0.717, 1.165) is 44.6 Å². The van der Waals surface area contributed by atoms with Crippen LogP contribution in [0.2, 0.25) is 0 Å². The van der Waals surface area contributed by atoms with Crippen LogP contribution in [0.1, 0.15) is 46.5 Å². The molecule has 0 unspecified atom stereocenters. The molecule has 0 bridgehead atoms. The van der Waals surface area contributed by atoms with E-state index in [0.29, 0.717) is 0 Å². The summed E-state index contributed by atoms with van der Waals surface area (Å²) in [6.07, 6.45) is 4.43. The fourth-order valence-electron chi connectivity index (χ4n) is 0.913. The first-order valence-electron chi connectivity index (χ1n) is 5.05. The Labute approximate surface area is 108 Å². The van der Waals surface area contributed by atoms with Crippen molar-refractivity contribution in [3.05, 3.63) is 5.32 Å². The van der Waals surface area contributed by atoms with E-state index in [4.69, 9.17) is 0 Å². The molecule has 75 valence electrons. The van der Waals surface area contributed by atoms with Gasteiger partial charge in [-0.1, -0.05) is 59.0 Å². The molecule has 0 aromatic rings. The van der Waals surface area contributed by atoms with Gasteiger partial charge in [-0.3, -0.25) is 0 Å². The van der Waals surface area contributed by atoms with Gasteiger partial charge in [0.25, 0.3) is 0 Å². The Morgan fingerprint density at radius 2 is 1.77 bits per heavy atom. The molecule has 0 spiro atoms. The standard InChI is InChI=1S/C10H21N2.Y/c1-4-7-10(11-8-5-2)12-9-6-3;/h4-9H2,1-3H3;/q-1;. The Morgan fingerprint density at radius 3 is 2.23 bits per heavy atom. The van der Waals surface area contributed by atoms with E-state index < -0.39 is 0 Å². The van der Waals surface area contributed by atoms with Gasteiger partial charge in [-0.2, -0.15) is 0 Å². The van der Waals surface area contributed by atoms with E-state index >= 15 is 0 Å². The van der Waals surface area contributed by atoms with Crippen LogP contribution in [0.4, 0.5) is 0 Å². The molecule has 3 heteroatoms. The second kappa shape index (κ2) is 12.6. The van der Waals surface area contributed by atoms with E-state index in [9.17, 15) is 0 Å². The topological polar surface area (TPSA) is 26.5 Å². The predicted molar refractivity (Wildman–Crippen MR) is 56.0 cm³/mol. The number of amidine groups is 1. The summed E-state index contributed by atoms with van der Waals surface area (Å²) in [6, 6.07) is 0. The third-order valence-electron chi connectivity index (χ3n) is 1.51. The summed E-state index contributed by atoms with van der Waals surface area (Å²) in [4.78, 5) is 4.42. The number of aliphatic imine (C=N–C) groups is 1. The molecular weight excluding hydrogens is 237 g/mol. The molecule has 0 atom stereocenters. The van der Waals surface area contributed by atoms with E-state index in [2.05, 4.69) is 31.1 Å². The molecule has 0 fully saturated rings. The number of rotatable bonds is 6. The van der Waals surface area contributed by atoms with Crippen molar-refractivity contribution in [3.8, 4) is 0 Å². The average Bonchev–Trinajstić information content (AvgIpc) is 2.10. The summed E-state index contributed by atoms with van der Waals surface area (Å²) in [5.41, 5.74) is 0. The van der Waals surface area contributed by atoms with Gasteiger partial charge in [-0.05, 0) is 6.42 Å². The zero-order chi connectivity index (χ0) is 9.23. The first-order valence-corrected chi connectivity index (χ1v) is 5.05. The van der Waals surface area contributed by atoms with E-state index in [1.807, 2.05) is 0 Å². The van der Waals surface area contributed by atoms with Gasteiger partial charge in [-0.25, -0.2) is 0 Å². The van der Waals surface area contributed by atoms with Crippen molar-refractivity contribution in [2.75, 3.05) is 13.1 Å². The number of hydrogen-bond donors (Lipinski definition) is 0. The fourth-order valence-corrected chi connectivity index (χ4v) is 0.913. The molecule has 0 saturated heterocycles. The minimum atomic E-state index is 0. The zero-order valence-electron chi connectivity index (χ0n) is 9.21. The van der Waals surface area contributed by atoms with Crippen LogP contribution < -0.4 is 0 Å². The summed E-state index contributed by atoms with van der Waals surface area (Å²) in [7, 11) is 0. The van der Waals surface area contributed by atoms with Crippen LogP contribution in [-0.2, 0) is 32.7 Å². The molecule has 0 N–H and O–H groups in total. The first kappa shape index (κ1) is 16.0. The van der Waals surface area contributed by atoms with Gasteiger partial charge in [0.1, 0.15) is 0 Å². The number of nitrogens with zero attached hydrogens (tertiary/aromatic N) is 2. The van der Waals surface area contributed by atoms with Crippen LogP contribution in [0, 0.1) is 0 Å². The van der Waals surface area contributed by atoms with Gasteiger partial charge in [0.05, 0.1) is 0 Å². The minimum absolute atomic E-state index is 0. The fraction of sp³-hybridized carbons (Fsp3) is 0.900. The molecule has 0 saturated carbocycles. The normalized spacial score (nSPS) is 10.8. The van der Waals surface area contributed by atoms with Crippen LogP contribution >= 0.6 is 0 Å². The van der Waals surface area contributed by atoms with E-state index in [-0.39, 0.29) is 32.7 Å². The molecule has 0 aliphatic carbocycles. The molecular formula is C10H21N2Y-. The molecule has 0 aromatic heterocycles. The summed E-state index contributed by atoms with van der Waals surface area (Å²) < 4.78 is 0. The molecule has 0 amide bonds. The Balaban J connectivity index is 0. The molecule has 1 radical (unpaired) electrons. The molecule has 0 heterocycles. The van der Waals surface area contributed by atoms with Crippen LogP contribution in [0.3, 0.4) is 0 Å². The third-order valence-corrected chi connectivity index (χ3v) is 1.51. The Hall–Kier alpha value is 0.574. The van der Waals surface area contributed by atoms with Crippen molar-refractivity contribution < 1.29 is 32.7 Å². The van der Waals surface area contributed by atoms with Crippen molar-refractivity contribution in [2.45, 2.75) is 46.5 Å². The van der Waals surface area contributed by atoms with Gasteiger partial charge >= 0.3 is 0 Å². The number of hydrogen-bond acceptors (Lipinski definition) is 1. The molecule has 0 aliphatic rings. The largest absolute Gasteiger partial charge is 0.469 e. The molecule has 2 nitrogen and oxygen atoms in total. The Kier molecular flexibility index (Phi) is 15.5. The van der Waals surface area contributed by atoms with Gasteiger partial charge in [0.15, 0.2) is 0 Å². The van der Waals surface area contributed by atoms with Crippen molar-refractivity contribution >= 4 is 5.84 Å². The summed E-state index contributed by atoms with van der Waals surface area (Å²) in [5, 5.41) is 4.42. The summed E-state index contributed by atoms with van der Waals surface area (Å²) in [5.74, 6) is 1.07. The predicted octanol–water partition coefficient (Wildman–Crippen LogP) is 3.38.